The summed E-state index contributed by atoms with van der Waals surface area (Å²) in [6.07, 6.45) is 4.57. The van der Waals surface area contributed by atoms with Crippen LogP contribution < -0.4 is 16.0 Å². The van der Waals surface area contributed by atoms with Crippen LogP contribution in [0.3, 0.4) is 0 Å². The van der Waals surface area contributed by atoms with E-state index in [0.29, 0.717) is 25.7 Å². The molecule has 5 atom stereocenters. The summed E-state index contributed by atoms with van der Waals surface area (Å²) in [5.74, 6) is -1.66. The highest BCUT2D eigenvalue weighted by molar-refractivity contribution is 7.84. The zero-order valence-corrected chi connectivity index (χ0v) is 27.3. The number of carboxylic acid groups (broad SMARTS) is 2. The summed E-state index contributed by atoms with van der Waals surface area (Å²) in [4.78, 5) is 40.0. The normalized spacial score (nSPS) is 27.2. The molecule has 1 aromatic heterocycles. The Bertz CT molecular complexity index is 1460. The maximum Gasteiger partial charge on any atom is 0.303 e. The van der Waals surface area contributed by atoms with Gasteiger partial charge in [0.2, 0.25) is 5.91 Å². The molecule has 44 heavy (non-hydrogen) atoms. The summed E-state index contributed by atoms with van der Waals surface area (Å²) in [7, 11) is 0. The van der Waals surface area contributed by atoms with Crippen LogP contribution in [0, 0.1) is 18.8 Å². The number of aliphatic hydroxyl groups excluding tert-OH is 1. The van der Waals surface area contributed by atoms with Crippen molar-refractivity contribution in [2.45, 2.75) is 105 Å². The largest absolute Gasteiger partial charge is 0.495 e. The Morgan fingerprint density at radius 2 is 1.66 bits per heavy atom. The van der Waals surface area contributed by atoms with Crippen molar-refractivity contribution < 1.29 is 29.7 Å². The van der Waals surface area contributed by atoms with Crippen molar-refractivity contribution >= 4 is 36.6 Å². The Morgan fingerprint density at radius 3 is 2.25 bits per heavy atom. The number of aliphatic hydroxyl groups is 1. The van der Waals surface area contributed by atoms with Gasteiger partial charge in [-0.15, -0.1) is 12.6 Å². The van der Waals surface area contributed by atoms with E-state index in [1.54, 1.807) is 0 Å². The lowest BCUT2D eigenvalue weighted by Crippen LogP contribution is -2.36. The highest BCUT2D eigenvalue weighted by Gasteiger charge is 2.37. The van der Waals surface area contributed by atoms with Crippen molar-refractivity contribution in [1.29, 1.82) is 0 Å². The second-order valence-electron chi connectivity index (χ2n) is 12.4. The molecule has 7 N–H and O–H groups in total. The summed E-state index contributed by atoms with van der Waals surface area (Å²) in [5, 5.41) is 39.3. The first-order valence-electron chi connectivity index (χ1n) is 15.4. The summed E-state index contributed by atoms with van der Waals surface area (Å²) >= 11 is 4.55. The summed E-state index contributed by atoms with van der Waals surface area (Å²) in [6, 6.07) is -0.251. The van der Waals surface area contributed by atoms with Crippen LogP contribution in [0.4, 0.5) is 0 Å². The lowest BCUT2D eigenvalue weighted by atomic mass is 9.89. The average molecular weight is 627 g/mol. The fourth-order valence-electron chi connectivity index (χ4n) is 7.08. The number of H-pyrrole nitrogens is 1. The van der Waals surface area contributed by atoms with Gasteiger partial charge in [-0.3, -0.25) is 14.4 Å². The predicted octanol–water partition coefficient (Wildman–Crippen LogP) is 4.89. The van der Waals surface area contributed by atoms with E-state index in [1.165, 1.54) is 0 Å². The molecule has 1 aromatic rings. The van der Waals surface area contributed by atoms with E-state index < -0.39 is 11.9 Å². The molecule has 240 valence electrons. The molecule has 3 unspecified atom stereocenters. The fourth-order valence-corrected chi connectivity index (χ4v) is 7.43. The van der Waals surface area contributed by atoms with Gasteiger partial charge in [-0.05, 0) is 97.8 Å². The quantitative estimate of drug-likeness (QED) is 0.152. The molecule has 1 fully saturated rings. The smallest absolute Gasteiger partial charge is 0.303 e. The van der Waals surface area contributed by atoms with Gasteiger partial charge in [-0.2, -0.15) is 0 Å². The molecule has 0 aromatic carbocycles. The lowest BCUT2D eigenvalue weighted by molar-refractivity contribution is -0.138. The first-order chi connectivity index (χ1) is 20.7. The van der Waals surface area contributed by atoms with Crippen LogP contribution in [0.15, 0.2) is 38.8 Å². The topological polar surface area (TPSA) is 164 Å². The second kappa shape index (κ2) is 13.6. The molecule has 4 heterocycles. The van der Waals surface area contributed by atoms with E-state index in [-0.39, 0.29) is 54.6 Å². The Balaban J connectivity index is 1.69. The van der Waals surface area contributed by atoms with Crippen molar-refractivity contribution in [2.24, 2.45) is 11.8 Å². The average Bonchev–Trinajstić information content (AvgIpc) is 3.59. The van der Waals surface area contributed by atoms with Crippen LogP contribution >= 0.6 is 12.6 Å². The number of amides is 1. The number of carbonyl (C=O) groups excluding carboxylic acids is 1. The fraction of sp³-hybridized carbons (Fsp3) is 0.545. The number of aromatic amines is 1. The molecule has 11 heteroatoms. The van der Waals surface area contributed by atoms with Crippen molar-refractivity contribution in [2.75, 3.05) is 0 Å². The van der Waals surface area contributed by atoms with Crippen molar-refractivity contribution in [3.8, 4) is 0 Å². The molecule has 1 amide bonds. The van der Waals surface area contributed by atoms with Crippen molar-refractivity contribution in [3.63, 3.8) is 0 Å². The highest BCUT2D eigenvalue weighted by atomic mass is 32.1. The van der Waals surface area contributed by atoms with Crippen LogP contribution in [-0.4, -0.2) is 56.3 Å². The van der Waals surface area contributed by atoms with E-state index >= 15 is 0 Å². The third-order valence-corrected chi connectivity index (χ3v) is 9.92. The van der Waals surface area contributed by atoms with Crippen LogP contribution in [0.2, 0.25) is 0 Å². The number of aliphatic carboxylic acids is 2. The maximum absolute atomic E-state index is 12.5. The number of aromatic nitrogens is 1. The Labute approximate surface area is 264 Å². The van der Waals surface area contributed by atoms with Gasteiger partial charge in [0, 0.05) is 54.3 Å². The summed E-state index contributed by atoms with van der Waals surface area (Å²) in [5.41, 5.74) is 8.28. The Hall–Kier alpha value is -3.60. The number of nitrogens with one attached hydrogen (secondary N) is 4. The molecule has 0 spiro atoms. The van der Waals surface area contributed by atoms with Gasteiger partial charge in [-0.1, -0.05) is 13.8 Å². The number of carbonyl (C=O) groups is 3. The van der Waals surface area contributed by atoms with Gasteiger partial charge in [0.25, 0.3) is 0 Å². The third-order valence-electron chi connectivity index (χ3n) is 9.66. The maximum atomic E-state index is 12.5. The van der Waals surface area contributed by atoms with E-state index in [0.717, 1.165) is 61.8 Å². The molecule has 3 aliphatic rings. The molecule has 0 aliphatic carbocycles. The number of rotatable bonds is 12. The minimum absolute atomic E-state index is 0.0164. The highest BCUT2D eigenvalue weighted by Crippen LogP contribution is 2.37. The minimum atomic E-state index is -0.892. The lowest BCUT2D eigenvalue weighted by Gasteiger charge is -2.23. The van der Waals surface area contributed by atoms with Gasteiger partial charge in [0.1, 0.15) is 0 Å². The summed E-state index contributed by atoms with van der Waals surface area (Å²) in [6.45, 7) is 11.9. The Morgan fingerprint density at radius 1 is 1.00 bits per heavy atom. The van der Waals surface area contributed by atoms with Crippen LogP contribution in [-0.2, 0) is 27.2 Å². The van der Waals surface area contributed by atoms with Gasteiger partial charge < -0.3 is 36.3 Å². The van der Waals surface area contributed by atoms with E-state index in [2.05, 4.69) is 40.5 Å². The molecule has 10 nitrogen and oxygen atoms in total. The molecular formula is C33H46N4O6S. The number of carboxylic acids is 2. The zero-order valence-electron chi connectivity index (χ0n) is 26.4. The van der Waals surface area contributed by atoms with Gasteiger partial charge in [-0.25, -0.2) is 0 Å². The SMILES string of the molecule is CCC1=C(O)N[C@H](CC2N/C(=C\c3[nH]c(C[C@@H]4NC(=O)C(C)/C4=C(/C)S)c(C)c3CCC(=O)O)C(CCC(=O)O)=C2C)C1C. The standard InChI is InChI=1S/C33H46N4O6S/c1-7-20-15(2)25(36-33(20)43)12-23-16(3)21(8-10-29(38)39)26(34-23)14-27-22(9-11-30(40)41)17(4)24(35-27)13-28-31(19(6)44)18(5)32(42)37-28/h14-15,18,23,25,28,34-36,43-44H,7-13H2,1-6H3,(H,37,42)(H,38,39)(H,40,41)/b26-14-,31-19+/t15?,18?,23?,25-,28+/m1/s1. The van der Waals surface area contributed by atoms with E-state index in [4.69, 9.17) is 0 Å². The van der Waals surface area contributed by atoms with Crippen LogP contribution in [0.25, 0.3) is 6.08 Å². The molecule has 0 bridgehead atoms. The number of hydrogen-bond acceptors (Lipinski definition) is 7. The minimum Gasteiger partial charge on any atom is -0.495 e. The molecule has 4 rings (SSSR count). The summed E-state index contributed by atoms with van der Waals surface area (Å²) < 4.78 is 0. The first-order valence-corrected chi connectivity index (χ1v) is 15.9. The third kappa shape index (κ3) is 6.87. The van der Waals surface area contributed by atoms with Gasteiger partial charge >= 0.3 is 11.9 Å². The molecule has 1 saturated heterocycles. The number of thiol groups is 1. The Kier molecular flexibility index (Phi) is 10.3. The van der Waals surface area contributed by atoms with E-state index in [9.17, 15) is 29.7 Å². The molecular weight excluding hydrogens is 580 g/mol. The first kappa shape index (κ1) is 33.3. The van der Waals surface area contributed by atoms with Crippen LogP contribution in [0.1, 0.15) is 89.2 Å². The number of hydrogen-bond donors (Lipinski definition) is 8. The monoisotopic (exact) mass is 626 g/mol. The predicted molar refractivity (Wildman–Crippen MR) is 173 cm³/mol. The number of allylic oxidation sites excluding steroid dienone is 2. The van der Waals surface area contributed by atoms with Crippen LogP contribution in [0.5, 0.6) is 0 Å². The molecule has 0 saturated carbocycles. The second-order valence-corrected chi connectivity index (χ2v) is 13.0. The van der Waals surface area contributed by atoms with Crippen molar-refractivity contribution in [1.82, 2.24) is 20.9 Å². The van der Waals surface area contributed by atoms with Gasteiger partial charge in [0.05, 0.1) is 12.0 Å². The molecule has 0 radical (unpaired) electrons. The van der Waals surface area contributed by atoms with Gasteiger partial charge in [0.15, 0.2) is 5.88 Å². The van der Waals surface area contributed by atoms with E-state index in [1.807, 2.05) is 40.7 Å². The molecule has 3 aliphatic heterocycles. The van der Waals surface area contributed by atoms with Crippen molar-refractivity contribution in [3.05, 3.63) is 61.3 Å². The zero-order chi connectivity index (χ0) is 32.5.